The van der Waals surface area contributed by atoms with Gasteiger partial charge in [0.15, 0.2) is 0 Å². The van der Waals surface area contributed by atoms with Crippen molar-refractivity contribution in [1.29, 1.82) is 0 Å². The molecule has 3 nitrogen and oxygen atoms in total. The van der Waals surface area contributed by atoms with Crippen LogP contribution in [0, 0.1) is 0 Å². The fraction of sp³-hybridized carbons (Fsp3) is 0.462. The lowest BCUT2D eigenvalue weighted by Crippen LogP contribution is -2.11. The van der Waals surface area contributed by atoms with Crippen LogP contribution in [0.3, 0.4) is 0 Å². The van der Waals surface area contributed by atoms with Gasteiger partial charge in [-0.2, -0.15) is 5.26 Å². The van der Waals surface area contributed by atoms with E-state index < -0.39 is 5.97 Å². The average Bonchev–Trinajstić information content (AvgIpc) is 2.25. The first-order chi connectivity index (χ1) is 7.43. The highest BCUT2D eigenvalue weighted by Crippen LogP contribution is 2.23. The van der Waals surface area contributed by atoms with Crippen molar-refractivity contribution in [2.45, 2.75) is 39.0 Å². The van der Waals surface area contributed by atoms with Gasteiger partial charge in [0.05, 0.1) is 6.42 Å². The summed E-state index contributed by atoms with van der Waals surface area (Å²) in [4.78, 5) is 14.4. The lowest BCUT2D eigenvalue weighted by Gasteiger charge is -2.19. The number of hydrogen-bond donors (Lipinski definition) is 1. The van der Waals surface area contributed by atoms with Crippen molar-refractivity contribution in [3.8, 4) is 0 Å². The summed E-state index contributed by atoms with van der Waals surface area (Å²) < 4.78 is 0. The van der Waals surface area contributed by atoms with E-state index in [-0.39, 0.29) is 11.8 Å². The van der Waals surface area contributed by atoms with Crippen LogP contribution in [0.15, 0.2) is 24.3 Å². The maximum atomic E-state index is 10.8. The van der Waals surface area contributed by atoms with Gasteiger partial charge in [-0.15, -0.1) is 0 Å². The number of carbonyl (C=O) groups is 1. The fourth-order valence-corrected chi connectivity index (χ4v) is 1.49. The average molecular weight is 222 g/mol. The van der Waals surface area contributed by atoms with Crippen molar-refractivity contribution in [3.05, 3.63) is 35.4 Å². The Labute approximate surface area is 96.0 Å². The summed E-state index contributed by atoms with van der Waals surface area (Å²) in [6, 6.07) is 8.12. The molecular formula is C13H18O3. The van der Waals surface area contributed by atoms with E-state index in [1.807, 2.05) is 12.1 Å². The van der Waals surface area contributed by atoms with Gasteiger partial charge in [-0.3, -0.25) is 0 Å². The predicted octanol–water partition coefficient (Wildman–Crippen LogP) is 2.93. The number of benzene rings is 1. The Kier molecular flexibility index (Phi) is 4.07. The Hall–Kier alpha value is -1.35. The van der Waals surface area contributed by atoms with Crippen LogP contribution in [0.4, 0.5) is 0 Å². The molecule has 1 rings (SSSR count). The van der Waals surface area contributed by atoms with E-state index >= 15 is 0 Å². The highest BCUT2D eigenvalue weighted by Gasteiger charge is 2.13. The van der Waals surface area contributed by atoms with Crippen LogP contribution in [0.25, 0.3) is 0 Å². The zero-order chi connectivity index (χ0) is 12.2. The van der Waals surface area contributed by atoms with Crippen LogP contribution >= 0.6 is 0 Å². The highest BCUT2D eigenvalue weighted by atomic mass is 17.1. The Morgan fingerprint density at radius 1 is 1.38 bits per heavy atom. The van der Waals surface area contributed by atoms with Gasteiger partial charge in [-0.05, 0) is 23.0 Å². The maximum absolute atomic E-state index is 10.8. The molecule has 0 saturated heterocycles. The summed E-state index contributed by atoms with van der Waals surface area (Å²) in [7, 11) is 0. The predicted molar refractivity (Wildman–Crippen MR) is 62.2 cm³/mol. The molecule has 1 N–H and O–H groups in total. The minimum atomic E-state index is -0.596. The molecule has 0 spiro atoms. The molecular weight excluding hydrogens is 204 g/mol. The van der Waals surface area contributed by atoms with Gasteiger partial charge < -0.3 is 4.89 Å². The second-order valence-electron chi connectivity index (χ2n) is 4.91. The van der Waals surface area contributed by atoms with Gasteiger partial charge >= 0.3 is 5.97 Å². The summed E-state index contributed by atoms with van der Waals surface area (Å²) in [6.07, 6.45) is 0.785. The first-order valence-electron chi connectivity index (χ1n) is 5.37. The molecule has 88 valence electrons. The SMILES string of the molecule is CC(C)(C)c1cccc(CCC(=O)OO)c1. The standard InChI is InChI=1S/C13H18O3/c1-13(2,3)11-6-4-5-10(9-11)7-8-12(14)16-15/h4-6,9,15H,7-8H2,1-3H3. The van der Waals surface area contributed by atoms with Crippen molar-refractivity contribution in [2.75, 3.05) is 0 Å². The monoisotopic (exact) mass is 222 g/mol. The van der Waals surface area contributed by atoms with Crippen molar-refractivity contribution in [3.63, 3.8) is 0 Å². The van der Waals surface area contributed by atoms with Crippen molar-refractivity contribution in [1.82, 2.24) is 0 Å². The number of aryl methyl sites for hydroxylation is 1. The van der Waals surface area contributed by atoms with Gasteiger partial charge in [0, 0.05) is 0 Å². The minimum Gasteiger partial charge on any atom is -0.301 e. The molecule has 0 saturated carbocycles. The van der Waals surface area contributed by atoms with Gasteiger partial charge in [-0.1, -0.05) is 45.0 Å². The molecule has 0 heterocycles. The van der Waals surface area contributed by atoms with Crippen molar-refractivity contribution in [2.24, 2.45) is 0 Å². The maximum Gasteiger partial charge on any atom is 0.342 e. The zero-order valence-electron chi connectivity index (χ0n) is 9.99. The van der Waals surface area contributed by atoms with E-state index in [2.05, 4.69) is 37.8 Å². The van der Waals surface area contributed by atoms with Crippen LogP contribution < -0.4 is 0 Å². The third-order valence-corrected chi connectivity index (χ3v) is 2.51. The van der Waals surface area contributed by atoms with Gasteiger partial charge in [-0.25, -0.2) is 4.79 Å². The Balaban J connectivity index is 2.72. The molecule has 0 fully saturated rings. The molecule has 0 aromatic heterocycles. The quantitative estimate of drug-likeness (QED) is 0.631. The van der Waals surface area contributed by atoms with Crippen LogP contribution in [-0.2, 0) is 21.5 Å². The van der Waals surface area contributed by atoms with E-state index in [4.69, 9.17) is 5.26 Å². The van der Waals surface area contributed by atoms with E-state index in [0.717, 1.165) is 5.56 Å². The summed E-state index contributed by atoms with van der Waals surface area (Å²) in [5, 5.41) is 8.15. The smallest absolute Gasteiger partial charge is 0.301 e. The molecule has 0 aliphatic heterocycles. The summed E-state index contributed by atoms with van der Waals surface area (Å²) in [6.45, 7) is 6.44. The van der Waals surface area contributed by atoms with E-state index in [1.165, 1.54) is 5.56 Å². The molecule has 16 heavy (non-hydrogen) atoms. The molecule has 0 unspecified atom stereocenters. The second kappa shape index (κ2) is 5.12. The van der Waals surface area contributed by atoms with Crippen LogP contribution in [0.2, 0.25) is 0 Å². The fourth-order valence-electron chi connectivity index (χ4n) is 1.49. The first-order valence-corrected chi connectivity index (χ1v) is 5.37. The molecule has 0 atom stereocenters. The third-order valence-electron chi connectivity index (χ3n) is 2.51. The third kappa shape index (κ3) is 3.66. The lowest BCUT2D eigenvalue weighted by atomic mass is 9.86. The van der Waals surface area contributed by atoms with E-state index in [0.29, 0.717) is 6.42 Å². The highest BCUT2D eigenvalue weighted by molar-refractivity contribution is 5.68. The van der Waals surface area contributed by atoms with Crippen LogP contribution in [0.5, 0.6) is 0 Å². The molecule has 0 aliphatic rings. The number of rotatable bonds is 3. The molecule has 0 aliphatic carbocycles. The van der Waals surface area contributed by atoms with E-state index in [9.17, 15) is 4.79 Å². The van der Waals surface area contributed by atoms with Crippen LogP contribution in [0.1, 0.15) is 38.3 Å². The van der Waals surface area contributed by atoms with Crippen LogP contribution in [-0.4, -0.2) is 11.2 Å². The number of hydrogen-bond acceptors (Lipinski definition) is 3. The van der Waals surface area contributed by atoms with Gasteiger partial charge in [0.2, 0.25) is 0 Å². The Morgan fingerprint density at radius 2 is 2.06 bits per heavy atom. The van der Waals surface area contributed by atoms with Crippen molar-refractivity contribution >= 4 is 5.97 Å². The Morgan fingerprint density at radius 3 is 2.62 bits per heavy atom. The molecule has 1 aromatic carbocycles. The summed E-state index contributed by atoms with van der Waals surface area (Å²) >= 11 is 0. The molecule has 0 radical (unpaired) electrons. The Bertz CT molecular complexity index is 364. The van der Waals surface area contributed by atoms with E-state index in [1.54, 1.807) is 0 Å². The minimum absolute atomic E-state index is 0.105. The summed E-state index contributed by atoms with van der Waals surface area (Å²) in [5.74, 6) is -0.596. The summed E-state index contributed by atoms with van der Waals surface area (Å²) in [5.41, 5.74) is 2.42. The normalized spacial score (nSPS) is 11.2. The van der Waals surface area contributed by atoms with Gasteiger partial charge in [0.1, 0.15) is 0 Å². The topological polar surface area (TPSA) is 46.5 Å². The molecule has 0 amide bonds. The second-order valence-corrected chi connectivity index (χ2v) is 4.91. The zero-order valence-corrected chi connectivity index (χ0v) is 9.99. The largest absolute Gasteiger partial charge is 0.342 e. The van der Waals surface area contributed by atoms with Gasteiger partial charge in [0.25, 0.3) is 0 Å². The molecule has 3 heteroatoms. The first kappa shape index (κ1) is 12.7. The molecule has 0 bridgehead atoms. The molecule has 1 aromatic rings. The number of carbonyl (C=O) groups excluding carboxylic acids is 1. The van der Waals surface area contributed by atoms with Crippen molar-refractivity contribution < 1.29 is 14.9 Å². The lowest BCUT2D eigenvalue weighted by molar-refractivity contribution is -0.234.